The summed E-state index contributed by atoms with van der Waals surface area (Å²) in [6.45, 7) is 7.54. The third kappa shape index (κ3) is 15.4. The van der Waals surface area contributed by atoms with Crippen LogP contribution < -0.4 is 0 Å². The average molecular weight is 288 g/mol. The first-order chi connectivity index (χ1) is 9.81. The van der Waals surface area contributed by atoms with E-state index < -0.39 is 0 Å². The van der Waals surface area contributed by atoms with E-state index in [4.69, 9.17) is 14.2 Å². The highest BCUT2D eigenvalue weighted by Gasteiger charge is 2.02. The van der Waals surface area contributed by atoms with Crippen molar-refractivity contribution in [1.82, 2.24) is 0 Å². The maximum absolute atomic E-state index is 11.3. The predicted octanol–water partition coefficient (Wildman–Crippen LogP) is 3.72. The van der Waals surface area contributed by atoms with Gasteiger partial charge in [0.25, 0.3) is 0 Å². The van der Waals surface area contributed by atoms with Gasteiger partial charge >= 0.3 is 5.97 Å². The number of hydrogen-bond donors (Lipinski definition) is 0. The molecule has 0 aliphatic carbocycles. The molecule has 0 aliphatic rings. The molecule has 0 bridgehead atoms. The summed E-state index contributed by atoms with van der Waals surface area (Å²) in [5.41, 5.74) is 0. The Kier molecular flexibility index (Phi) is 15.9. The minimum atomic E-state index is -0.111. The fourth-order valence-electron chi connectivity index (χ4n) is 1.70. The minimum absolute atomic E-state index is 0.111. The highest BCUT2D eigenvalue weighted by atomic mass is 16.5. The zero-order valence-corrected chi connectivity index (χ0v) is 13.3. The third-order valence-corrected chi connectivity index (χ3v) is 2.94. The van der Waals surface area contributed by atoms with E-state index in [1.54, 1.807) is 0 Å². The van der Waals surface area contributed by atoms with Crippen molar-refractivity contribution in [2.45, 2.75) is 65.2 Å². The Bertz CT molecular complexity index is 207. The van der Waals surface area contributed by atoms with E-state index in [1.165, 1.54) is 12.8 Å². The number of unbranched alkanes of at least 4 members (excludes halogenated alkanes) is 4. The van der Waals surface area contributed by atoms with Crippen molar-refractivity contribution < 1.29 is 19.0 Å². The van der Waals surface area contributed by atoms with Crippen molar-refractivity contribution in [2.24, 2.45) is 0 Å². The lowest BCUT2D eigenvalue weighted by Gasteiger charge is -2.06. The zero-order valence-electron chi connectivity index (χ0n) is 13.3. The molecule has 0 N–H and O–H groups in total. The Labute approximate surface area is 124 Å². The fraction of sp³-hybridized carbons (Fsp3) is 0.938. The first kappa shape index (κ1) is 19.4. The standard InChI is InChI=1S/C16H32O4/c1-3-5-7-11-18-14-15-19-12-9-10-16(17)20-13-8-6-4-2/h3-15H2,1-2H3. The molecule has 20 heavy (non-hydrogen) atoms. The predicted molar refractivity (Wildman–Crippen MR) is 80.9 cm³/mol. The van der Waals surface area contributed by atoms with Gasteiger partial charge in [-0.2, -0.15) is 0 Å². The molecular weight excluding hydrogens is 256 g/mol. The zero-order chi connectivity index (χ0) is 14.9. The van der Waals surface area contributed by atoms with Crippen LogP contribution in [0.25, 0.3) is 0 Å². The summed E-state index contributed by atoms with van der Waals surface area (Å²) in [6.07, 6.45) is 7.97. The van der Waals surface area contributed by atoms with Gasteiger partial charge in [0.05, 0.1) is 19.8 Å². The molecule has 0 aromatic carbocycles. The first-order valence-corrected chi connectivity index (χ1v) is 8.12. The van der Waals surface area contributed by atoms with Crippen LogP contribution in [0, 0.1) is 0 Å². The summed E-state index contributed by atoms with van der Waals surface area (Å²) in [7, 11) is 0. The molecule has 4 nitrogen and oxygen atoms in total. The summed E-state index contributed by atoms with van der Waals surface area (Å²) in [5.74, 6) is -0.111. The largest absolute Gasteiger partial charge is 0.466 e. The van der Waals surface area contributed by atoms with Gasteiger partial charge in [0, 0.05) is 19.6 Å². The fourth-order valence-corrected chi connectivity index (χ4v) is 1.70. The quantitative estimate of drug-likeness (QED) is 0.340. The second-order valence-corrected chi connectivity index (χ2v) is 4.96. The summed E-state index contributed by atoms with van der Waals surface area (Å²) in [6, 6.07) is 0. The van der Waals surface area contributed by atoms with Gasteiger partial charge < -0.3 is 14.2 Å². The Morgan fingerprint density at radius 3 is 1.85 bits per heavy atom. The smallest absolute Gasteiger partial charge is 0.305 e. The molecule has 0 heterocycles. The van der Waals surface area contributed by atoms with Gasteiger partial charge in [0.2, 0.25) is 0 Å². The number of esters is 1. The van der Waals surface area contributed by atoms with Crippen LogP contribution in [0.5, 0.6) is 0 Å². The number of ether oxygens (including phenoxy) is 3. The summed E-state index contributed by atoms with van der Waals surface area (Å²) in [4.78, 5) is 11.3. The van der Waals surface area contributed by atoms with E-state index in [-0.39, 0.29) is 5.97 Å². The lowest BCUT2D eigenvalue weighted by atomic mass is 10.3. The molecular formula is C16H32O4. The van der Waals surface area contributed by atoms with Crippen LogP contribution in [0.4, 0.5) is 0 Å². The van der Waals surface area contributed by atoms with Crippen molar-refractivity contribution >= 4 is 5.97 Å². The van der Waals surface area contributed by atoms with Gasteiger partial charge in [0.1, 0.15) is 0 Å². The highest BCUT2D eigenvalue weighted by Crippen LogP contribution is 1.98. The summed E-state index contributed by atoms with van der Waals surface area (Å²) in [5, 5.41) is 0. The number of carbonyl (C=O) groups is 1. The molecule has 0 unspecified atom stereocenters. The first-order valence-electron chi connectivity index (χ1n) is 8.12. The van der Waals surface area contributed by atoms with E-state index in [1.807, 2.05) is 0 Å². The molecule has 0 radical (unpaired) electrons. The van der Waals surface area contributed by atoms with E-state index in [2.05, 4.69) is 13.8 Å². The molecule has 0 aromatic heterocycles. The van der Waals surface area contributed by atoms with Crippen molar-refractivity contribution in [3.8, 4) is 0 Å². The van der Waals surface area contributed by atoms with E-state index in [9.17, 15) is 4.79 Å². The van der Waals surface area contributed by atoms with Crippen LogP contribution >= 0.6 is 0 Å². The van der Waals surface area contributed by atoms with Gasteiger partial charge in [-0.25, -0.2) is 0 Å². The molecule has 4 heteroatoms. The van der Waals surface area contributed by atoms with Crippen molar-refractivity contribution in [2.75, 3.05) is 33.0 Å². The molecule has 0 amide bonds. The lowest BCUT2D eigenvalue weighted by molar-refractivity contribution is -0.144. The van der Waals surface area contributed by atoms with Crippen LogP contribution in [0.3, 0.4) is 0 Å². The van der Waals surface area contributed by atoms with Gasteiger partial charge in [-0.1, -0.05) is 39.5 Å². The van der Waals surface area contributed by atoms with Crippen LogP contribution in [0.15, 0.2) is 0 Å². The lowest BCUT2D eigenvalue weighted by Crippen LogP contribution is -2.09. The van der Waals surface area contributed by atoms with Crippen LogP contribution in [0.2, 0.25) is 0 Å². The van der Waals surface area contributed by atoms with Gasteiger partial charge in [-0.3, -0.25) is 4.79 Å². The summed E-state index contributed by atoms with van der Waals surface area (Å²) >= 11 is 0. The molecule has 0 saturated carbocycles. The highest BCUT2D eigenvalue weighted by molar-refractivity contribution is 5.69. The number of carbonyl (C=O) groups excluding carboxylic acids is 1. The third-order valence-electron chi connectivity index (χ3n) is 2.94. The average Bonchev–Trinajstić information content (AvgIpc) is 2.45. The maximum atomic E-state index is 11.3. The molecule has 0 aliphatic heterocycles. The second-order valence-electron chi connectivity index (χ2n) is 4.96. The monoisotopic (exact) mass is 288 g/mol. The van der Waals surface area contributed by atoms with E-state index in [0.717, 1.165) is 38.7 Å². The molecule has 0 rings (SSSR count). The van der Waals surface area contributed by atoms with E-state index in [0.29, 0.717) is 32.8 Å². The Morgan fingerprint density at radius 1 is 0.700 bits per heavy atom. The molecule has 0 atom stereocenters. The topological polar surface area (TPSA) is 44.8 Å². The molecule has 0 aromatic rings. The van der Waals surface area contributed by atoms with Crippen molar-refractivity contribution in [3.05, 3.63) is 0 Å². The van der Waals surface area contributed by atoms with E-state index >= 15 is 0 Å². The normalized spacial score (nSPS) is 10.7. The van der Waals surface area contributed by atoms with Gasteiger partial charge in [-0.15, -0.1) is 0 Å². The Morgan fingerprint density at radius 2 is 1.25 bits per heavy atom. The molecule has 0 spiro atoms. The number of rotatable bonds is 15. The molecule has 0 saturated heterocycles. The SMILES string of the molecule is CCCCCOCCOCCCC(=O)OCCCCC. The second kappa shape index (κ2) is 16.4. The van der Waals surface area contributed by atoms with Crippen molar-refractivity contribution in [1.29, 1.82) is 0 Å². The Hall–Kier alpha value is -0.610. The minimum Gasteiger partial charge on any atom is -0.466 e. The molecule has 0 fully saturated rings. The maximum Gasteiger partial charge on any atom is 0.305 e. The molecule has 120 valence electrons. The van der Waals surface area contributed by atoms with Crippen molar-refractivity contribution in [3.63, 3.8) is 0 Å². The number of hydrogen-bond acceptors (Lipinski definition) is 4. The summed E-state index contributed by atoms with van der Waals surface area (Å²) < 4.78 is 15.9. The van der Waals surface area contributed by atoms with Crippen LogP contribution in [-0.2, 0) is 19.0 Å². The van der Waals surface area contributed by atoms with Gasteiger partial charge in [-0.05, 0) is 19.3 Å². The van der Waals surface area contributed by atoms with Crippen LogP contribution in [-0.4, -0.2) is 39.0 Å². The van der Waals surface area contributed by atoms with Gasteiger partial charge in [0.15, 0.2) is 0 Å². The van der Waals surface area contributed by atoms with Crippen LogP contribution in [0.1, 0.15) is 65.2 Å². The Balaban J connectivity index is 3.09.